The van der Waals surface area contributed by atoms with Gasteiger partial charge in [-0.3, -0.25) is 14.9 Å². The van der Waals surface area contributed by atoms with Gasteiger partial charge in [0.25, 0.3) is 0 Å². The van der Waals surface area contributed by atoms with E-state index in [9.17, 15) is 9.18 Å². The van der Waals surface area contributed by atoms with Crippen LogP contribution in [0.3, 0.4) is 0 Å². The number of Topliss-reactive ketones (excluding diaryl/α,β-unsaturated/α-hetero) is 1. The molecule has 0 aliphatic heterocycles. The summed E-state index contributed by atoms with van der Waals surface area (Å²) in [5, 5.41) is 15.0. The summed E-state index contributed by atoms with van der Waals surface area (Å²) in [4.78, 5) is 16.9. The number of carbonyl (C=O) groups is 1. The van der Waals surface area contributed by atoms with Crippen molar-refractivity contribution >= 4 is 39.3 Å². The van der Waals surface area contributed by atoms with Gasteiger partial charge in [0.1, 0.15) is 11.2 Å². The first-order valence-electron chi connectivity index (χ1n) is 9.16. The second-order valence-corrected chi connectivity index (χ2v) is 7.65. The van der Waals surface area contributed by atoms with Gasteiger partial charge in [0.15, 0.2) is 22.9 Å². The topological polar surface area (TPSA) is 96.7 Å². The lowest BCUT2D eigenvalue weighted by Gasteiger charge is -2.38. The molecule has 142 valence electrons. The van der Waals surface area contributed by atoms with E-state index in [0.717, 1.165) is 16.7 Å². The number of hydrogen-bond donors (Lipinski definition) is 2. The van der Waals surface area contributed by atoms with Crippen molar-refractivity contribution in [1.82, 2.24) is 20.3 Å². The molecule has 1 fully saturated rings. The standard InChI is InChI=1S/C20H18FN5O2/c1-20(21)9-11(10-20)7-15(27)17-13-5-4-12(8-16(13)28-26-17)23-19-18-14(24-25-19)3-2-6-22-18/h2-6,8,11H,7,9-10H2,1H3,(H2,23,24,25). The molecule has 0 spiro atoms. The SMILES string of the molecule is CC1(F)CC(CC(=O)c2noc3cc(Nc4n[nH]c5cccnc45)ccc23)C1. The summed E-state index contributed by atoms with van der Waals surface area (Å²) in [6.07, 6.45) is 2.85. The van der Waals surface area contributed by atoms with E-state index < -0.39 is 5.67 Å². The van der Waals surface area contributed by atoms with Gasteiger partial charge >= 0.3 is 0 Å². The van der Waals surface area contributed by atoms with Crippen molar-refractivity contribution in [2.45, 2.75) is 31.9 Å². The number of alkyl halides is 1. The molecule has 1 aliphatic rings. The Labute approximate surface area is 159 Å². The van der Waals surface area contributed by atoms with Crippen molar-refractivity contribution in [3.8, 4) is 0 Å². The van der Waals surface area contributed by atoms with E-state index in [1.165, 1.54) is 0 Å². The quantitative estimate of drug-likeness (QED) is 0.494. The monoisotopic (exact) mass is 379 g/mol. The molecule has 2 N–H and O–H groups in total. The summed E-state index contributed by atoms with van der Waals surface area (Å²) in [6.45, 7) is 1.58. The number of nitrogens with zero attached hydrogens (tertiary/aromatic N) is 3. The second-order valence-electron chi connectivity index (χ2n) is 7.65. The van der Waals surface area contributed by atoms with Crippen LogP contribution in [-0.4, -0.2) is 31.8 Å². The van der Waals surface area contributed by atoms with Crippen molar-refractivity contribution in [2.75, 3.05) is 5.32 Å². The van der Waals surface area contributed by atoms with Crippen molar-refractivity contribution in [1.29, 1.82) is 0 Å². The van der Waals surface area contributed by atoms with Gasteiger partial charge < -0.3 is 9.84 Å². The molecule has 1 aliphatic carbocycles. The van der Waals surface area contributed by atoms with E-state index in [-0.39, 0.29) is 11.7 Å². The number of pyridine rings is 1. The van der Waals surface area contributed by atoms with Gasteiger partial charge in [0.05, 0.1) is 10.9 Å². The molecule has 1 saturated carbocycles. The molecule has 28 heavy (non-hydrogen) atoms. The first kappa shape index (κ1) is 16.9. The predicted octanol–water partition coefficient (Wildman–Crippen LogP) is 4.55. The average molecular weight is 379 g/mol. The number of benzene rings is 1. The largest absolute Gasteiger partial charge is 0.355 e. The highest BCUT2D eigenvalue weighted by Crippen LogP contribution is 2.43. The number of H-pyrrole nitrogens is 1. The smallest absolute Gasteiger partial charge is 0.185 e. The van der Waals surface area contributed by atoms with Gasteiger partial charge in [-0.15, -0.1) is 0 Å². The van der Waals surface area contributed by atoms with Gasteiger partial charge in [-0.25, -0.2) is 4.39 Å². The molecule has 5 rings (SSSR count). The maximum atomic E-state index is 13.6. The third kappa shape index (κ3) is 2.90. The Morgan fingerprint density at radius 3 is 3.07 bits per heavy atom. The highest BCUT2D eigenvalue weighted by atomic mass is 19.1. The molecule has 0 radical (unpaired) electrons. The molecule has 0 bridgehead atoms. The number of halogens is 1. The van der Waals surface area contributed by atoms with Crippen molar-refractivity contribution in [2.24, 2.45) is 5.92 Å². The lowest BCUT2D eigenvalue weighted by molar-refractivity contribution is 0.0220. The van der Waals surface area contributed by atoms with E-state index in [1.54, 1.807) is 25.3 Å². The van der Waals surface area contributed by atoms with Crippen molar-refractivity contribution < 1.29 is 13.7 Å². The molecule has 0 unspecified atom stereocenters. The molecule has 0 atom stereocenters. The maximum Gasteiger partial charge on any atom is 0.185 e. The molecule has 3 aromatic heterocycles. The van der Waals surface area contributed by atoms with Crippen LogP contribution in [-0.2, 0) is 0 Å². The van der Waals surface area contributed by atoms with Crippen LogP contribution in [0.15, 0.2) is 41.1 Å². The van der Waals surface area contributed by atoms with Crippen molar-refractivity contribution in [3.63, 3.8) is 0 Å². The summed E-state index contributed by atoms with van der Waals surface area (Å²) >= 11 is 0. The predicted molar refractivity (Wildman–Crippen MR) is 102 cm³/mol. The lowest BCUT2D eigenvalue weighted by Crippen LogP contribution is -2.37. The number of aromatic nitrogens is 4. The lowest BCUT2D eigenvalue weighted by atomic mass is 9.71. The molecule has 1 aromatic carbocycles. The molecule has 0 saturated heterocycles. The molecule has 8 heteroatoms. The van der Waals surface area contributed by atoms with Crippen LogP contribution in [0.4, 0.5) is 15.9 Å². The van der Waals surface area contributed by atoms with Gasteiger partial charge in [-0.05, 0) is 49.9 Å². The molecular formula is C20H18FN5O2. The van der Waals surface area contributed by atoms with E-state index in [4.69, 9.17) is 4.52 Å². The Kier molecular flexibility index (Phi) is 3.68. The minimum absolute atomic E-state index is 0.0793. The number of nitrogens with one attached hydrogen (secondary N) is 2. The number of aromatic amines is 1. The Morgan fingerprint density at radius 1 is 1.39 bits per heavy atom. The van der Waals surface area contributed by atoms with Crippen LogP contribution in [0.1, 0.15) is 36.7 Å². The summed E-state index contributed by atoms with van der Waals surface area (Å²) in [6, 6.07) is 9.13. The fourth-order valence-electron chi connectivity index (χ4n) is 3.94. The van der Waals surface area contributed by atoms with Crippen LogP contribution < -0.4 is 5.32 Å². The third-order valence-corrected chi connectivity index (χ3v) is 5.22. The minimum Gasteiger partial charge on any atom is -0.355 e. The zero-order valence-corrected chi connectivity index (χ0v) is 15.2. The molecule has 0 amide bonds. The van der Waals surface area contributed by atoms with E-state index in [0.29, 0.717) is 41.7 Å². The van der Waals surface area contributed by atoms with Gasteiger partial charge in [-0.2, -0.15) is 5.10 Å². The van der Waals surface area contributed by atoms with Gasteiger partial charge in [0.2, 0.25) is 0 Å². The Balaban J connectivity index is 1.37. The normalized spacial score (nSPS) is 21.7. The highest BCUT2D eigenvalue weighted by molar-refractivity contribution is 6.06. The molecule has 7 nitrogen and oxygen atoms in total. The Hall–Kier alpha value is -3.29. The summed E-state index contributed by atoms with van der Waals surface area (Å²) in [5.74, 6) is 0.572. The summed E-state index contributed by atoms with van der Waals surface area (Å²) < 4.78 is 19.0. The maximum absolute atomic E-state index is 13.6. The number of fused-ring (bicyclic) bond motifs is 2. The number of anilines is 2. The van der Waals surface area contributed by atoms with E-state index >= 15 is 0 Å². The third-order valence-electron chi connectivity index (χ3n) is 5.22. The van der Waals surface area contributed by atoms with Crippen LogP contribution >= 0.6 is 0 Å². The van der Waals surface area contributed by atoms with Crippen LogP contribution in [0, 0.1) is 5.92 Å². The minimum atomic E-state index is -1.14. The zero-order valence-electron chi connectivity index (χ0n) is 15.2. The van der Waals surface area contributed by atoms with Crippen LogP contribution in [0.5, 0.6) is 0 Å². The van der Waals surface area contributed by atoms with Crippen molar-refractivity contribution in [3.05, 3.63) is 42.2 Å². The van der Waals surface area contributed by atoms with Gasteiger partial charge in [0, 0.05) is 24.4 Å². The number of hydrogen-bond acceptors (Lipinski definition) is 6. The van der Waals surface area contributed by atoms with E-state index in [2.05, 4.69) is 25.7 Å². The van der Waals surface area contributed by atoms with Crippen LogP contribution in [0.25, 0.3) is 22.0 Å². The van der Waals surface area contributed by atoms with Crippen LogP contribution in [0.2, 0.25) is 0 Å². The summed E-state index contributed by atoms with van der Waals surface area (Å²) in [5.41, 5.74) is 1.98. The van der Waals surface area contributed by atoms with Gasteiger partial charge in [-0.1, -0.05) is 5.16 Å². The highest BCUT2D eigenvalue weighted by Gasteiger charge is 2.41. The molecule has 3 heterocycles. The fourth-order valence-corrected chi connectivity index (χ4v) is 3.94. The molecular weight excluding hydrogens is 361 g/mol. The average Bonchev–Trinajstić information content (AvgIpc) is 3.24. The Morgan fingerprint density at radius 2 is 2.25 bits per heavy atom. The number of carbonyl (C=O) groups excluding carboxylic acids is 1. The van der Waals surface area contributed by atoms with E-state index in [1.807, 2.05) is 18.2 Å². The Bertz CT molecular complexity index is 1190. The summed E-state index contributed by atoms with van der Waals surface area (Å²) in [7, 11) is 0. The zero-order chi connectivity index (χ0) is 19.3. The first-order valence-corrected chi connectivity index (χ1v) is 9.16. The molecule has 4 aromatic rings. The number of rotatable bonds is 5. The first-order chi connectivity index (χ1) is 13.5. The fraction of sp³-hybridized carbons (Fsp3) is 0.300. The second kappa shape index (κ2) is 6.12. The number of ketones is 1.